The number of halogens is 2. The van der Waals surface area contributed by atoms with Gasteiger partial charge in [0.25, 0.3) is 0 Å². The predicted octanol–water partition coefficient (Wildman–Crippen LogP) is 3.00. The molecular formula is C16H10BrFN4O2. The lowest BCUT2D eigenvalue weighted by atomic mass is 10.0. The molecule has 0 aliphatic carbocycles. The van der Waals surface area contributed by atoms with Crippen LogP contribution >= 0.6 is 15.9 Å². The van der Waals surface area contributed by atoms with E-state index >= 15 is 0 Å². The molecule has 0 fully saturated rings. The maximum Gasteiger partial charge on any atom is 0.234 e. The van der Waals surface area contributed by atoms with E-state index in [1.807, 2.05) is 13.0 Å². The minimum Gasteiger partial charge on any atom is -0.505 e. The van der Waals surface area contributed by atoms with Gasteiger partial charge in [0.1, 0.15) is 17.5 Å². The molecule has 0 spiro atoms. The Morgan fingerprint density at radius 1 is 1.50 bits per heavy atom. The van der Waals surface area contributed by atoms with Gasteiger partial charge in [-0.2, -0.15) is 5.26 Å². The van der Waals surface area contributed by atoms with Crippen LogP contribution in [0.2, 0.25) is 0 Å². The molecule has 2 aromatic heterocycles. The van der Waals surface area contributed by atoms with Gasteiger partial charge in [-0.1, -0.05) is 6.92 Å². The van der Waals surface area contributed by atoms with Crippen molar-refractivity contribution >= 4 is 27.5 Å². The molecule has 0 saturated carbocycles. The van der Waals surface area contributed by atoms with E-state index in [0.717, 1.165) is 6.20 Å². The summed E-state index contributed by atoms with van der Waals surface area (Å²) in [6.45, 7) is 1.82. The van der Waals surface area contributed by atoms with Crippen molar-refractivity contribution in [3.63, 3.8) is 0 Å². The Morgan fingerprint density at radius 3 is 2.92 bits per heavy atom. The number of aromatic hydroxyl groups is 1. The van der Waals surface area contributed by atoms with Crippen molar-refractivity contribution in [3.8, 4) is 11.8 Å². The Morgan fingerprint density at radius 2 is 2.25 bits per heavy atom. The number of carbonyl (C=O) groups is 1. The molecule has 0 atom stereocenters. The average molecular weight is 389 g/mol. The number of rotatable bonds is 3. The largest absolute Gasteiger partial charge is 0.505 e. The van der Waals surface area contributed by atoms with Gasteiger partial charge in [0, 0.05) is 11.8 Å². The smallest absolute Gasteiger partial charge is 0.234 e. The summed E-state index contributed by atoms with van der Waals surface area (Å²) in [7, 11) is 0. The van der Waals surface area contributed by atoms with Crippen LogP contribution < -0.4 is 0 Å². The third kappa shape index (κ3) is 2.53. The lowest BCUT2D eigenvalue weighted by Gasteiger charge is -2.05. The molecule has 0 unspecified atom stereocenters. The lowest BCUT2D eigenvalue weighted by molar-refractivity contribution is 0.103. The van der Waals surface area contributed by atoms with Crippen molar-refractivity contribution in [1.29, 1.82) is 5.26 Å². The second-order valence-electron chi connectivity index (χ2n) is 5.00. The van der Waals surface area contributed by atoms with Gasteiger partial charge in [-0.25, -0.2) is 14.4 Å². The summed E-state index contributed by atoms with van der Waals surface area (Å²) in [6.07, 6.45) is 2.69. The van der Waals surface area contributed by atoms with Crippen molar-refractivity contribution in [2.24, 2.45) is 0 Å². The van der Waals surface area contributed by atoms with Crippen LogP contribution in [0.15, 0.2) is 29.0 Å². The summed E-state index contributed by atoms with van der Waals surface area (Å²) in [5.74, 6) is -0.985. The lowest BCUT2D eigenvalue weighted by Crippen LogP contribution is -2.06. The number of phenolic OH excluding ortho intramolecular Hbond substituents is 1. The number of hydrogen-bond donors (Lipinski definition) is 1. The molecule has 24 heavy (non-hydrogen) atoms. The van der Waals surface area contributed by atoms with Crippen LogP contribution in [0.5, 0.6) is 5.75 Å². The predicted molar refractivity (Wildman–Crippen MR) is 86.3 cm³/mol. The number of fused-ring (bicyclic) bond motifs is 1. The molecule has 3 aromatic rings. The number of ketones is 1. The summed E-state index contributed by atoms with van der Waals surface area (Å²) >= 11 is 3.12. The molecule has 6 nitrogen and oxygen atoms in total. The van der Waals surface area contributed by atoms with Gasteiger partial charge in [-0.3, -0.25) is 9.20 Å². The second-order valence-corrected chi connectivity index (χ2v) is 5.85. The highest BCUT2D eigenvalue weighted by molar-refractivity contribution is 9.10. The Kier molecular flexibility index (Phi) is 4.03. The van der Waals surface area contributed by atoms with E-state index in [4.69, 9.17) is 5.26 Å². The first-order valence-corrected chi connectivity index (χ1v) is 7.75. The first-order valence-electron chi connectivity index (χ1n) is 6.96. The molecule has 0 amide bonds. The number of benzene rings is 1. The maximum atomic E-state index is 13.4. The molecule has 2 heterocycles. The summed E-state index contributed by atoms with van der Waals surface area (Å²) in [6, 6.07) is 4.53. The quantitative estimate of drug-likeness (QED) is 0.696. The van der Waals surface area contributed by atoms with Gasteiger partial charge in [0.2, 0.25) is 11.6 Å². The van der Waals surface area contributed by atoms with Crippen LogP contribution in [0.3, 0.4) is 0 Å². The summed E-state index contributed by atoms with van der Waals surface area (Å²) in [5.41, 5.74) is 0.815. The highest BCUT2D eigenvalue weighted by Gasteiger charge is 2.22. The normalized spacial score (nSPS) is 10.8. The van der Waals surface area contributed by atoms with Crippen LogP contribution in [0, 0.1) is 17.1 Å². The summed E-state index contributed by atoms with van der Waals surface area (Å²) in [5, 5.41) is 18.8. The number of hydrogen-bond acceptors (Lipinski definition) is 5. The van der Waals surface area contributed by atoms with Crippen LogP contribution in [0.25, 0.3) is 5.78 Å². The Bertz CT molecular complexity index is 1020. The number of nitriles is 1. The number of carbonyl (C=O) groups excluding carboxylic acids is 1. The molecule has 1 N–H and O–H groups in total. The van der Waals surface area contributed by atoms with Gasteiger partial charge in [-0.05, 0) is 34.5 Å². The van der Waals surface area contributed by atoms with E-state index in [-0.39, 0.29) is 32.8 Å². The summed E-state index contributed by atoms with van der Waals surface area (Å²) < 4.78 is 15.1. The van der Waals surface area contributed by atoms with Crippen LogP contribution in [0.4, 0.5) is 4.39 Å². The van der Waals surface area contributed by atoms with E-state index in [1.165, 1.54) is 22.7 Å². The number of imidazole rings is 1. The maximum absolute atomic E-state index is 13.4. The SMILES string of the molecule is CCc1c(C(=O)c2cc(Br)c(O)c(C#N)c2)nc2ncc(F)cn12. The van der Waals surface area contributed by atoms with Crippen LogP contribution in [0.1, 0.15) is 34.2 Å². The van der Waals surface area contributed by atoms with E-state index in [1.54, 1.807) is 0 Å². The molecule has 120 valence electrons. The topological polar surface area (TPSA) is 91.3 Å². The van der Waals surface area contributed by atoms with Gasteiger partial charge in [0.15, 0.2) is 5.82 Å². The highest BCUT2D eigenvalue weighted by atomic mass is 79.9. The fourth-order valence-corrected chi connectivity index (χ4v) is 2.89. The minimum absolute atomic E-state index is 0.0290. The third-order valence-electron chi connectivity index (χ3n) is 3.54. The Labute approximate surface area is 144 Å². The zero-order chi connectivity index (χ0) is 17.4. The first kappa shape index (κ1) is 16.1. The number of phenols is 1. The molecule has 8 heteroatoms. The minimum atomic E-state index is -0.534. The van der Waals surface area contributed by atoms with Gasteiger partial charge < -0.3 is 5.11 Å². The summed E-state index contributed by atoms with van der Waals surface area (Å²) in [4.78, 5) is 20.9. The van der Waals surface area contributed by atoms with E-state index in [0.29, 0.717) is 12.1 Å². The molecule has 0 bridgehead atoms. The molecule has 0 aliphatic rings. The molecule has 1 aromatic carbocycles. The molecular weight excluding hydrogens is 379 g/mol. The highest BCUT2D eigenvalue weighted by Crippen LogP contribution is 2.30. The standard InChI is InChI=1S/C16H10BrFN4O2/c1-2-12-13(21-16-20-6-10(18)7-22(12)16)15(24)8-3-9(5-19)14(23)11(17)4-8/h3-4,6-7,23H,2H2,1H3. The van der Waals surface area contributed by atoms with Crippen molar-refractivity contribution in [3.05, 3.63) is 57.3 Å². The van der Waals surface area contributed by atoms with Crippen molar-refractivity contribution in [1.82, 2.24) is 14.4 Å². The van der Waals surface area contributed by atoms with Crippen molar-refractivity contribution in [2.45, 2.75) is 13.3 Å². The van der Waals surface area contributed by atoms with Gasteiger partial charge in [-0.15, -0.1) is 0 Å². The molecule has 0 saturated heterocycles. The Balaban J connectivity index is 2.19. The fourth-order valence-electron chi connectivity index (χ4n) is 2.43. The fraction of sp³-hybridized carbons (Fsp3) is 0.125. The number of aryl methyl sites for hydroxylation is 1. The van der Waals surface area contributed by atoms with Crippen molar-refractivity contribution in [2.75, 3.05) is 0 Å². The number of aromatic nitrogens is 3. The third-order valence-corrected chi connectivity index (χ3v) is 4.15. The zero-order valence-corrected chi connectivity index (χ0v) is 14.0. The Hall–Kier alpha value is -2.79. The molecule has 0 radical (unpaired) electrons. The average Bonchev–Trinajstić information content (AvgIpc) is 2.94. The van der Waals surface area contributed by atoms with E-state index < -0.39 is 11.6 Å². The van der Waals surface area contributed by atoms with Crippen LogP contribution in [-0.2, 0) is 6.42 Å². The van der Waals surface area contributed by atoms with Gasteiger partial charge in [0.05, 0.1) is 21.9 Å². The zero-order valence-electron chi connectivity index (χ0n) is 12.4. The molecule has 0 aliphatic heterocycles. The van der Waals surface area contributed by atoms with Crippen molar-refractivity contribution < 1.29 is 14.3 Å². The van der Waals surface area contributed by atoms with E-state index in [9.17, 15) is 14.3 Å². The van der Waals surface area contributed by atoms with E-state index in [2.05, 4.69) is 25.9 Å². The number of nitrogens with zero attached hydrogens (tertiary/aromatic N) is 4. The first-order chi connectivity index (χ1) is 11.5. The molecule has 3 rings (SSSR count). The van der Waals surface area contributed by atoms with Crippen LogP contribution in [-0.4, -0.2) is 25.3 Å². The second kappa shape index (κ2) is 6.02. The van der Waals surface area contributed by atoms with Gasteiger partial charge >= 0.3 is 0 Å². The monoisotopic (exact) mass is 388 g/mol.